The van der Waals surface area contributed by atoms with Gasteiger partial charge in [0.1, 0.15) is 5.82 Å². The highest BCUT2D eigenvalue weighted by Gasteiger charge is 2.56. The zero-order valence-corrected chi connectivity index (χ0v) is 25.8. The molecule has 1 unspecified atom stereocenters. The summed E-state index contributed by atoms with van der Waals surface area (Å²) in [7, 11) is 0. The maximum atomic E-state index is 14.3. The highest BCUT2D eigenvalue weighted by atomic mass is 19.1. The van der Waals surface area contributed by atoms with Crippen LogP contribution in [-0.4, -0.2) is 51.6 Å². The summed E-state index contributed by atoms with van der Waals surface area (Å²) in [4.78, 5) is 25.7. The van der Waals surface area contributed by atoms with E-state index < -0.39 is 0 Å². The first-order valence-electron chi connectivity index (χ1n) is 15.6. The van der Waals surface area contributed by atoms with Crippen LogP contribution in [0, 0.1) is 35.9 Å². The number of guanidine groups is 1. The fraction of sp³-hybridized carbons (Fsp3) is 0.559. The second-order valence-corrected chi connectivity index (χ2v) is 13.8. The first-order chi connectivity index (χ1) is 20.0. The number of piperazine rings is 1. The summed E-state index contributed by atoms with van der Waals surface area (Å²) >= 11 is 0. The van der Waals surface area contributed by atoms with Crippen molar-refractivity contribution in [2.75, 3.05) is 18.4 Å². The largest absolute Gasteiger partial charge is 0.340 e. The van der Waals surface area contributed by atoms with Crippen molar-refractivity contribution >= 4 is 22.5 Å². The molecule has 4 aliphatic rings. The van der Waals surface area contributed by atoms with E-state index in [-0.39, 0.29) is 11.4 Å². The van der Waals surface area contributed by atoms with Crippen LogP contribution < -0.4 is 16.2 Å². The quantitative estimate of drug-likeness (QED) is 0.307. The molecule has 42 heavy (non-hydrogen) atoms. The van der Waals surface area contributed by atoms with E-state index in [2.05, 4.69) is 55.1 Å². The zero-order chi connectivity index (χ0) is 29.8. The van der Waals surface area contributed by atoms with Crippen LogP contribution in [0.4, 0.5) is 10.1 Å². The molecular weight excluding hydrogens is 527 g/mol. The van der Waals surface area contributed by atoms with Gasteiger partial charge in [-0.2, -0.15) is 0 Å². The Hall–Kier alpha value is -3.26. The van der Waals surface area contributed by atoms with Gasteiger partial charge in [-0.25, -0.2) is 14.4 Å². The zero-order valence-electron chi connectivity index (χ0n) is 25.8. The van der Waals surface area contributed by atoms with Gasteiger partial charge in [-0.1, -0.05) is 32.9 Å². The molecule has 7 nitrogen and oxygen atoms in total. The summed E-state index contributed by atoms with van der Waals surface area (Å²) < 4.78 is 15.9. The molecule has 4 fully saturated rings. The number of hydrogen-bond donors (Lipinski definition) is 2. The number of benzene rings is 2. The molecular formula is C34H45FN6O. The molecule has 2 N–H and O–H groups in total. The number of aryl methyl sites for hydroxylation is 3. The highest BCUT2D eigenvalue weighted by Crippen LogP contribution is 2.61. The fourth-order valence-corrected chi connectivity index (χ4v) is 7.76. The predicted molar refractivity (Wildman–Crippen MR) is 168 cm³/mol. The molecule has 7 rings (SSSR count). The van der Waals surface area contributed by atoms with Gasteiger partial charge >= 0.3 is 0 Å². The molecule has 1 saturated heterocycles. The third-order valence-electron chi connectivity index (χ3n) is 10.4. The normalized spacial score (nSPS) is 28.9. The summed E-state index contributed by atoms with van der Waals surface area (Å²) in [6.07, 6.45) is 4.47. The van der Waals surface area contributed by atoms with E-state index in [1.54, 1.807) is 17.0 Å². The van der Waals surface area contributed by atoms with Crippen molar-refractivity contribution in [1.82, 2.24) is 19.8 Å². The Kier molecular flexibility index (Phi) is 7.62. The molecule has 3 aliphatic carbocycles. The topological polar surface area (TPSA) is 74.6 Å². The van der Waals surface area contributed by atoms with Gasteiger partial charge in [0, 0.05) is 37.4 Å². The number of hydrogen-bond acceptors (Lipinski definition) is 4. The molecule has 8 heteroatoms. The number of fused-ring (bicyclic) bond motifs is 3. The number of halogens is 1. The second-order valence-electron chi connectivity index (χ2n) is 13.8. The molecule has 2 bridgehead atoms. The lowest BCUT2D eigenvalue weighted by Gasteiger charge is -2.61. The van der Waals surface area contributed by atoms with Crippen LogP contribution in [0.2, 0.25) is 0 Å². The number of nitrogens with one attached hydrogen (secondary N) is 2. The van der Waals surface area contributed by atoms with Gasteiger partial charge in [0.05, 0.1) is 23.3 Å². The van der Waals surface area contributed by atoms with Crippen molar-refractivity contribution < 1.29 is 4.39 Å². The molecule has 2 heterocycles. The van der Waals surface area contributed by atoms with Gasteiger partial charge in [-0.3, -0.25) is 9.36 Å². The first-order valence-corrected chi connectivity index (χ1v) is 15.6. The lowest BCUT2D eigenvalue weighted by atomic mass is 9.45. The van der Waals surface area contributed by atoms with Crippen molar-refractivity contribution in [3.05, 3.63) is 70.0 Å². The summed E-state index contributed by atoms with van der Waals surface area (Å²) in [5, 5.41) is 7.84. The highest BCUT2D eigenvalue weighted by molar-refractivity contribution is 5.96. The Morgan fingerprint density at radius 3 is 2.57 bits per heavy atom. The predicted octanol–water partition coefficient (Wildman–Crippen LogP) is 5.61. The van der Waals surface area contributed by atoms with Crippen molar-refractivity contribution in [3.63, 3.8) is 0 Å². The van der Waals surface area contributed by atoms with Crippen LogP contribution in [0.25, 0.3) is 10.9 Å². The molecule has 6 atom stereocenters. The average molecular weight is 573 g/mol. The number of aromatic nitrogens is 2. The molecule has 0 amide bonds. The molecule has 0 radical (unpaired) electrons. The Bertz CT molecular complexity index is 1550. The smallest absolute Gasteiger partial charge is 0.261 e. The third-order valence-corrected chi connectivity index (χ3v) is 10.4. The molecule has 224 valence electrons. The maximum absolute atomic E-state index is 14.3. The summed E-state index contributed by atoms with van der Waals surface area (Å²) in [5.41, 5.74) is 3.30. The van der Waals surface area contributed by atoms with E-state index in [1.165, 1.54) is 12.5 Å². The summed E-state index contributed by atoms with van der Waals surface area (Å²) in [5.74, 6) is 2.69. The van der Waals surface area contributed by atoms with Gasteiger partial charge in [0.15, 0.2) is 5.96 Å². The number of aliphatic imine (C=N–C) groups is 1. The SMILES string of the molecule is Cc1ccc(CCn2cnc3cc(NC(=NC4C[C@H]5C[C@@H]([C@@H]4C)C5(C)C)N4C[C@@H](C)N[C@@H](C)C4)ccc3c2=O)c(F)c1. The minimum absolute atomic E-state index is 0.115. The van der Waals surface area contributed by atoms with Gasteiger partial charge in [0.2, 0.25) is 0 Å². The van der Waals surface area contributed by atoms with Crippen molar-refractivity contribution in [3.8, 4) is 0 Å². The van der Waals surface area contributed by atoms with Gasteiger partial charge in [-0.05, 0) is 98.6 Å². The van der Waals surface area contributed by atoms with Crippen LogP contribution in [0.5, 0.6) is 0 Å². The van der Waals surface area contributed by atoms with E-state index in [0.29, 0.717) is 58.9 Å². The standard InChI is InChI=1S/C34H45FN6O/c1-20-7-8-24(29(35)13-20)11-12-40-19-36-31-16-26(9-10-27(31)32(40)42)38-33(41-17-21(2)37-22(3)18-41)39-30-15-25-14-28(23(30)4)34(25,5)6/h7-10,13,16,19,21-23,25,28,30,37H,11-12,14-15,17-18H2,1-6H3,(H,38,39)/t21-,22+,23-,25+,28-,30?/m0/s1. The number of anilines is 1. The second kappa shape index (κ2) is 11.1. The first kappa shape index (κ1) is 28.8. The number of rotatable bonds is 5. The Labute approximate surface area is 248 Å². The van der Waals surface area contributed by atoms with Crippen molar-refractivity contribution in [2.24, 2.45) is 28.2 Å². The van der Waals surface area contributed by atoms with E-state index in [9.17, 15) is 9.18 Å². The van der Waals surface area contributed by atoms with Crippen LogP contribution >= 0.6 is 0 Å². The number of nitrogens with zero attached hydrogens (tertiary/aromatic N) is 4. The van der Waals surface area contributed by atoms with Crippen LogP contribution in [-0.2, 0) is 13.0 Å². The van der Waals surface area contributed by atoms with Gasteiger partial charge in [-0.15, -0.1) is 0 Å². The molecule has 2 aromatic carbocycles. The molecule has 0 spiro atoms. The Morgan fingerprint density at radius 1 is 1.12 bits per heavy atom. The van der Waals surface area contributed by atoms with Crippen LogP contribution in [0.3, 0.4) is 0 Å². The monoisotopic (exact) mass is 572 g/mol. The molecule has 3 saturated carbocycles. The lowest BCUT2D eigenvalue weighted by Crippen LogP contribution is -2.59. The van der Waals surface area contributed by atoms with E-state index >= 15 is 0 Å². The Balaban J connectivity index is 1.24. The third kappa shape index (κ3) is 5.46. The molecule has 1 aromatic heterocycles. The van der Waals surface area contributed by atoms with Crippen LogP contribution in [0.15, 0.2) is 52.5 Å². The Morgan fingerprint density at radius 2 is 1.88 bits per heavy atom. The fourth-order valence-electron chi connectivity index (χ4n) is 7.76. The minimum Gasteiger partial charge on any atom is -0.340 e. The molecule has 3 aromatic rings. The summed E-state index contributed by atoms with van der Waals surface area (Å²) in [6.45, 7) is 15.7. The lowest BCUT2D eigenvalue weighted by molar-refractivity contribution is -0.108. The van der Waals surface area contributed by atoms with Crippen molar-refractivity contribution in [2.45, 2.75) is 85.5 Å². The average Bonchev–Trinajstić information content (AvgIpc) is 2.93. The molecule has 1 aliphatic heterocycles. The van der Waals surface area contributed by atoms with Gasteiger partial charge < -0.3 is 15.5 Å². The van der Waals surface area contributed by atoms with E-state index in [4.69, 9.17) is 4.99 Å². The van der Waals surface area contributed by atoms with E-state index in [0.717, 1.165) is 48.6 Å². The summed E-state index contributed by atoms with van der Waals surface area (Å²) in [6, 6.07) is 12.0. The minimum atomic E-state index is -0.235. The van der Waals surface area contributed by atoms with Gasteiger partial charge in [0.25, 0.3) is 5.56 Å². The van der Waals surface area contributed by atoms with Crippen LogP contribution in [0.1, 0.15) is 58.6 Å². The van der Waals surface area contributed by atoms with E-state index in [1.807, 2.05) is 31.2 Å². The maximum Gasteiger partial charge on any atom is 0.261 e. The van der Waals surface area contributed by atoms with Crippen molar-refractivity contribution in [1.29, 1.82) is 0 Å².